The van der Waals surface area contributed by atoms with E-state index in [1.807, 2.05) is 0 Å². The van der Waals surface area contributed by atoms with Crippen LogP contribution in [0.5, 0.6) is 0 Å². The van der Waals surface area contributed by atoms with Crippen molar-refractivity contribution in [2.75, 3.05) is 13.1 Å². The number of hydrogen-bond donors (Lipinski definition) is 1. The lowest BCUT2D eigenvalue weighted by atomic mass is 9.77. The summed E-state index contributed by atoms with van der Waals surface area (Å²) in [5, 5.41) is 3.32. The second-order valence-corrected chi connectivity index (χ2v) is 6.71. The summed E-state index contributed by atoms with van der Waals surface area (Å²) in [5.41, 5.74) is 0.992. The summed E-state index contributed by atoms with van der Waals surface area (Å²) in [5.74, 6) is -2.37. The van der Waals surface area contributed by atoms with Crippen LogP contribution < -0.4 is 5.32 Å². The average Bonchev–Trinajstić information content (AvgIpc) is 2.41. The fourth-order valence-corrected chi connectivity index (χ4v) is 2.71. The summed E-state index contributed by atoms with van der Waals surface area (Å²) in [6.07, 6.45) is 6.97. The third-order valence-corrected chi connectivity index (χ3v) is 4.49. The van der Waals surface area contributed by atoms with Gasteiger partial charge in [-0.05, 0) is 30.6 Å². The number of rotatable bonds is 7. The summed E-state index contributed by atoms with van der Waals surface area (Å²) in [4.78, 5) is 8.01. The van der Waals surface area contributed by atoms with Crippen LogP contribution >= 0.6 is 0 Å². The topological polar surface area (TPSA) is 37.8 Å². The van der Waals surface area contributed by atoms with Gasteiger partial charge < -0.3 is 5.32 Å². The lowest BCUT2D eigenvalue weighted by Crippen LogP contribution is -2.51. The molecular weight excluding hydrogens is 272 g/mol. The molecule has 0 radical (unpaired) electrons. The Morgan fingerprint density at radius 2 is 2.05 bits per heavy atom. The van der Waals surface area contributed by atoms with Crippen LogP contribution in [-0.4, -0.2) is 23.1 Å². The third-order valence-electron chi connectivity index (χ3n) is 4.49. The summed E-state index contributed by atoms with van der Waals surface area (Å²) >= 11 is 0. The molecule has 1 saturated heterocycles. The van der Waals surface area contributed by atoms with E-state index in [2.05, 4.69) is 29.1 Å². The van der Waals surface area contributed by atoms with Crippen molar-refractivity contribution in [1.29, 1.82) is 0 Å². The number of halogens is 2. The van der Waals surface area contributed by atoms with Crippen LogP contribution in [0.25, 0.3) is 0 Å². The highest BCUT2D eigenvalue weighted by atomic mass is 19.3. The number of alkyl halides is 2. The minimum Gasteiger partial charge on any atom is -0.316 e. The maximum absolute atomic E-state index is 13.1. The molecule has 1 aliphatic rings. The van der Waals surface area contributed by atoms with Crippen LogP contribution in [0.3, 0.4) is 0 Å². The third kappa shape index (κ3) is 4.43. The van der Waals surface area contributed by atoms with Crippen molar-refractivity contribution in [2.45, 2.75) is 52.4 Å². The van der Waals surface area contributed by atoms with Crippen LogP contribution in [0.4, 0.5) is 8.78 Å². The monoisotopic (exact) mass is 297 g/mol. The summed E-state index contributed by atoms with van der Waals surface area (Å²) < 4.78 is 26.2. The first kappa shape index (κ1) is 16.3. The van der Waals surface area contributed by atoms with Gasteiger partial charge >= 0.3 is 0 Å². The summed E-state index contributed by atoms with van der Waals surface area (Å²) in [6.45, 7) is 7.54. The molecule has 0 aromatic carbocycles. The summed E-state index contributed by atoms with van der Waals surface area (Å²) in [6, 6.07) is 0. The van der Waals surface area contributed by atoms with Crippen molar-refractivity contribution >= 4 is 0 Å². The molecule has 2 heterocycles. The Labute approximate surface area is 125 Å². The van der Waals surface area contributed by atoms with E-state index in [4.69, 9.17) is 0 Å². The number of nitrogens with one attached hydrogen (secondary N) is 1. The van der Waals surface area contributed by atoms with Crippen molar-refractivity contribution in [3.05, 3.63) is 23.8 Å². The zero-order chi connectivity index (χ0) is 15.5. The van der Waals surface area contributed by atoms with Crippen LogP contribution in [0.2, 0.25) is 0 Å². The highest BCUT2D eigenvalue weighted by Crippen LogP contribution is 2.31. The van der Waals surface area contributed by atoms with E-state index in [0.29, 0.717) is 11.3 Å². The lowest BCUT2D eigenvalue weighted by molar-refractivity contribution is 0.0123. The maximum Gasteiger partial charge on any atom is 0.288 e. The normalized spacial score (nSPS) is 19.1. The van der Waals surface area contributed by atoms with Gasteiger partial charge in [0.15, 0.2) is 0 Å². The van der Waals surface area contributed by atoms with E-state index in [1.54, 1.807) is 0 Å². The van der Waals surface area contributed by atoms with E-state index < -0.39 is 5.92 Å². The summed E-state index contributed by atoms with van der Waals surface area (Å²) in [7, 11) is 0. The molecule has 2 rings (SSSR count). The van der Waals surface area contributed by atoms with Gasteiger partial charge in [-0.25, -0.2) is 0 Å². The van der Waals surface area contributed by atoms with E-state index in [9.17, 15) is 8.78 Å². The van der Waals surface area contributed by atoms with Gasteiger partial charge in [0.2, 0.25) is 0 Å². The highest BCUT2D eigenvalue weighted by Gasteiger charge is 2.31. The zero-order valence-electron chi connectivity index (χ0n) is 13.1. The van der Waals surface area contributed by atoms with Gasteiger partial charge in [-0.3, -0.25) is 9.97 Å². The predicted molar refractivity (Wildman–Crippen MR) is 79.3 cm³/mol. The van der Waals surface area contributed by atoms with Gasteiger partial charge in [0.25, 0.3) is 5.92 Å². The second-order valence-electron chi connectivity index (χ2n) is 6.71. The fourth-order valence-electron chi connectivity index (χ4n) is 2.71. The van der Waals surface area contributed by atoms with Gasteiger partial charge in [-0.2, -0.15) is 8.78 Å². The molecule has 1 fully saturated rings. The van der Waals surface area contributed by atoms with Crippen LogP contribution in [0.1, 0.15) is 51.4 Å². The van der Waals surface area contributed by atoms with Gasteiger partial charge in [0, 0.05) is 26.2 Å². The average molecular weight is 297 g/mol. The number of aromatic nitrogens is 2. The molecule has 1 aromatic rings. The van der Waals surface area contributed by atoms with Crippen molar-refractivity contribution < 1.29 is 8.78 Å². The molecule has 0 aliphatic carbocycles. The van der Waals surface area contributed by atoms with Gasteiger partial charge in [-0.1, -0.05) is 20.3 Å². The molecule has 5 heteroatoms. The molecule has 0 amide bonds. The SMILES string of the molecule is CCC(CCC1(C)CNC1)Cc1cnc(C(C)(F)F)cn1. The van der Waals surface area contributed by atoms with E-state index in [-0.39, 0.29) is 5.69 Å². The van der Waals surface area contributed by atoms with Crippen molar-refractivity contribution in [2.24, 2.45) is 11.3 Å². The van der Waals surface area contributed by atoms with Gasteiger partial charge in [0.05, 0.1) is 11.9 Å². The first-order valence-corrected chi connectivity index (χ1v) is 7.72. The minimum absolute atomic E-state index is 0.257. The molecule has 0 bridgehead atoms. The predicted octanol–water partition coefficient (Wildman–Crippen LogP) is 3.55. The highest BCUT2D eigenvalue weighted by molar-refractivity contribution is 5.07. The molecule has 0 saturated carbocycles. The van der Waals surface area contributed by atoms with E-state index in [1.165, 1.54) is 18.8 Å². The van der Waals surface area contributed by atoms with Crippen molar-refractivity contribution in [3.8, 4) is 0 Å². The molecule has 1 aliphatic heterocycles. The minimum atomic E-state index is -2.92. The first-order valence-electron chi connectivity index (χ1n) is 7.72. The van der Waals surface area contributed by atoms with Crippen LogP contribution in [0, 0.1) is 11.3 Å². The number of hydrogen-bond acceptors (Lipinski definition) is 3. The van der Waals surface area contributed by atoms with Crippen molar-refractivity contribution in [1.82, 2.24) is 15.3 Å². The molecule has 118 valence electrons. The quantitative estimate of drug-likeness (QED) is 0.836. The molecule has 21 heavy (non-hydrogen) atoms. The van der Waals surface area contributed by atoms with Crippen molar-refractivity contribution in [3.63, 3.8) is 0 Å². The van der Waals surface area contributed by atoms with E-state index in [0.717, 1.165) is 45.0 Å². The molecule has 0 spiro atoms. The van der Waals surface area contributed by atoms with Crippen LogP contribution in [-0.2, 0) is 12.3 Å². The zero-order valence-corrected chi connectivity index (χ0v) is 13.1. The Kier molecular flexibility index (Phi) is 4.91. The molecule has 1 N–H and O–H groups in total. The fraction of sp³-hybridized carbons (Fsp3) is 0.750. The lowest BCUT2D eigenvalue weighted by Gasteiger charge is -2.40. The largest absolute Gasteiger partial charge is 0.316 e. The smallest absolute Gasteiger partial charge is 0.288 e. The molecular formula is C16H25F2N3. The Morgan fingerprint density at radius 3 is 2.48 bits per heavy atom. The van der Waals surface area contributed by atoms with E-state index >= 15 is 0 Å². The Hall–Kier alpha value is -1.10. The maximum atomic E-state index is 13.1. The molecule has 1 aromatic heterocycles. The molecule has 3 nitrogen and oxygen atoms in total. The Bertz CT molecular complexity index is 450. The van der Waals surface area contributed by atoms with Crippen LogP contribution in [0.15, 0.2) is 12.4 Å². The first-order chi connectivity index (χ1) is 9.82. The van der Waals surface area contributed by atoms with Gasteiger partial charge in [0.1, 0.15) is 5.69 Å². The molecule has 1 atom stereocenters. The standard InChI is InChI=1S/C16H25F2N3/c1-4-12(5-6-15(2)10-19-11-15)7-13-8-21-14(9-20-13)16(3,17)18/h8-9,12,19H,4-7,10-11H2,1-3H3. The molecule has 1 unspecified atom stereocenters. The number of nitrogens with zero attached hydrogens (tertiary/aromatic N) is 2. The second kappa shape index (κ2) is 6.34. The Morgan fingerprint density at radius 1 is 1.33 bits per heavy atom. The Balaban J connectivity index is 1.89. The van der Waals surface area contributed by atoms with Gasteiger partial charge in [-0.15, -0.1) is 0 Å².